The Morgan fingerprint density at radius 3 is 2.44 bits per heavy atom. The minimum Gasteiger partial charge on any atom is -0.497 e. The molecule has 1 saturated heterocycles. The topological polar surface area (TPSA) is 54.9 Å². The molecule has 6 nitrogen and oxygen atoms in total. The first-order valence-corrected chi connectivity index (χ1v) is 11.6. The lowest BCUT2D eigenvalue weighted by Gasteiger charge is -2.36. The van der Waals surface area contributed by atoms with Gasteiger partial charge in [-0.25, -0.2) is 4.98 Å². The summed E-state index contributed by atoms with van der Waals surface area (Å²) in [6.45, 7) is 2.33. The zero-order valence-electron chi connectivity index (χ0n) is 18.8. The average Bonchev–Trinajstić information content (AvgIpc) is 2.85. The number of carbonyl (C=O) groups is 1. The zero-order chi connectivity index (χ0) is 24.3. The van der Waals surface area contributed by atoms with Gasteiger partial charge in [-0.05, 0) is 30.3 Å². The number of methoxy groups -OCH3 is 2. The smallest absolute Gasteiger partial charge is 0.417 e. The molecule has 0 saturated carbocycles. The molecule has 10 heteroatoms. The molecule has 2 aromatic carbocycles. The summed E-state index contributed by atoms with van der Waals surface area (Å²) in [4.78, 5) is 21.0. The number of hydrogen-bond acceptors (Lipinski definition) is 6. The van der Waals surface area contributed by atoms with Crippen molar-refractivity contribution in [2.45, 2.75) is 11.2 Å². The summed E-state index contributed by atoms with van der Waals surface area (Å²) in [7, 11) is 3.06. The van der Waals surface area contributed by atoms with Crippen molar-refractivity contribution in [2.75, 3.05) is 51.1 Å². The monoisotopic (exact) mass is 491 g/mol. The summed E-state index contributed by atoms with van der Waals surface area (Å²) in [6, 6.07) is 13.0. The second-order valence-electron chi connectivity index (χ2n) is 7.72. The van der Waals surface area contributed by atoms with Crippen LogP contribution in [0.3, 0.4) is 0 Å². The maximum atomic E-state index is 13.6. The molecular weight excluding hydrogens is 467 g/mol. The summed E-state index contributed by atoms with van der Waals surface area (Å²) < 4.78 is 51.5. The molecule has 0 bridgehead atoms. The number of hydrogen-bond donors (Lipinski definition) is 0. The molecule has 34 heavy (non-hydrogen) atoms. The van der Waals surface area contributed by atoms with Gasteiger partial charge in [-0.1, -0.05) is 23.9 Å². The molecule has 4 rings (SSSR count). The SMILES string of the molecule is COc1ccc2c(C(F)(F)F)cc(SCC(=O)N3CCN(c4ccccc4OC)CC3)nc2c1. The van der Waals surface area contributed by atoms with E-state index in [9.17, 15) is 18.0 Å². The molecule has 0 N–H and O–H groups in total. The number of thioether (sulfide) groups is 1. The van der Waals surface area contributed by atoms with Gasteiger partial charge in [-0.15, -0.1) is 0 Å². The minimum atomic E-state index is -4.54. The van der Waals surface area contributed by atoms with E-state index >= 15 is 0 Å². The molecule has 0 atom stereocenters. The summed E-state index contributed by atoms with van der Waals surface area (Å²) in [6.07, 6.45) is -4.54. The highest BCUT2D eigenvalue weighted by Gasteiger charge is 2.34. The highest BCUT2D eigenvalue weighted by molar-refractivity contribution is 7.99. The fourth-order valence-electron chi connectivity index (χ4n) is 3.93. The lowest BCUT2D eigenvalue weighted by Crippen LogP contribution is -2.49. The maximum absolute atomic E-state index is 13.6. The van der Waals surface area contributed by atoms with Crippen LogP contribution >= 0.6 is 11.8 Å². The number of rotatable bonds is 6. The molecule has 0 spiro atoms. The highest BCUT2D eigenvalue weighted by atomic mass is 32.2. The third kappa shape index (κ3) is 5.16. The van der Waals surface area contributed by atoms with Gasteiger partial charge in [0.1, 0.15) is 11.5 Å². The lowest BCUT2D eigenvalue weighted by molar-refractivity contribution is -0.136. The van der Waals surface area contributed by atoms with Crippen molar-refractivity contribution in [2.24, 2.45) is 0 Å². The number of carbonyl (C=O) groups excluding carboxylic acids is 1. The molecule has 0 unspecified atom stereocenters. The number of benzene rings is 2. The Morgan fingerprint density at radius 2 is 1.76 bits per heavy atom. The van der Waals surface area contributed by atoms with Gasteiger partial charge in [0.15, 0.2) is 0 Å². The maximum Gasteiger partial charge on any atom is 0.417 e. The van der Waals surface area contributed by atoms with E-state index in [1.54, 1.807) is 12.0 Å². The number of ether oxygens (including phenoxy) is 2. The first-order chi connectivity index (χ1) is 16.3. The summed E-state index contributed by atoms with van der Waals surface area (Å²) in [5.41, 5.74) is 0.372. The van der Waals surface area contributed by atoms with Crippen molar-refractivity contribution in [1.82, 2.24) is 9.88 Å². The lowest BCUT2D eigenvalue weighted by atomic mass is 10.1. The number of halogens is 3. The van der Waals surface area contributed by atoms with Crippen molar-refractivity contribution in [3.8, 4) is 11.5 Å². The van der Waals surface area contributed by atoms with E-state index in [2.05, 4.69) is 9.88 Å². The second kappa shape index (κ2) is 10.0. The third-order valence-corrected chi connectivity index (χ3v) is 6.60. The Morgan fingerprint density at radius 1 is 1.03 bits per heavy atom. The Balaban J connectivity index is 1.43. The van der Waals surface area contributed by atoms with Crippen LogP contribution in [0.15, 0.2) is 53.6 Å². The van der Waals surface area contributed by atoms with Crippen LogP contribution in [-0.2, 0) is 11.0 Å². The van der Waals surface area contributed by atoms with E-state index in [1.807, 2.05) is 24.3 Å². The van der Waals surface area contributed by atoms with Crippen molar-refractivity contribution < 1.29 is 27.4 Å². The molecule has 2 heterocycles. The number of pyridine rings is 1. The van der Waals surface area contributed by atoms with Gasteiger partial charge < -0.3 is 19.3 Å². The summed E-state index contributed by atoms with van der Waals surface area (Å²) in [5, 5.41) is 0.144. The van der Waals surface area contributed by atoms with Crippen molar-refractivity contribution in [3.63, 3.8) is 0 Å². The van der Waals surface area contributed by atoms with Crippen molar-refractivity contribution in [1.29, 1.82) is 0 Å². The van der Waals surface area contributed by atoms with Gasteiger partial charge in [-0.2, -0.15) is 13.2 Å². The number of para-hydroxylation sites is 2. The Bertz CT molecular complexity index is 1180. The number of anilines is 1. The van der Waals surface area contributed by atoms with Crippen molar-refractivity contribution >= 4 is 34.3 Å². The molecule has 0 aliphatic carbocycles. The largest absolute Gasteiger partial charge is 0.497 e. The van der Waals surface area contributed by atoms with Gasteiger partial charge in [0.25, 0.3) is 0 Å². The van der Waals surface area contributed by atoms with Crippen LogP contribution < -0.4 is 14.4 Å². The zero-order valence-corrected chi connectivity index (χ0v) is 19.6. The van der Waals surface area contributed by atoms with E-state index in [4.69, 9.17) is 9.47 Å². The molecule has 1 aliphatic rings. The van der Waals surface area contributed by atoms with E-state index in [1.165, 1.54) is 25.3 Å². The number of amides is 1. The molecule has 1 aliphatic heterocycles. The van der Waals surface area contributed by atoms with Gasteiger partial charge in [0.05, 0.1) is 41.8 Å². The molecule has 1 aromatic heterocycles. The second-order valence-corrected chi connectivity index (χ2v) is 8.71. The van der Waals surface area contributed by atoms with Gasteiger partial charge in [0.2, 0.25) is 5.91 Å². The van der Waals surface area contributed by atoms with E-state index in [-0.39, 0.29) is 27.6 Å². The van der Waals surface area contributed by atoms with Gasteiger partial charge in [0, 0.05) is 37.6 Å². The van der Waals surface area contributed by atoms with Crippen LogP contribution in [-0.4, -0.2) is 61.9 Å². The fraction of sp³-hybridized carbons (Fsp3) is 0.333. The normalized spacial score (nSPS) is 14.4. The third-order valence-electron chi connectivity index (χ3n) is 5.70. The van der Waals surface area contributed by atoms with Gasteiger partial charge in [-0.3, -0.25) is 4.79 Å². The van der Waals surface area contributed by atoms with Crippen molar-refractivity contribution in [3.05, 3.63) is 54.1 Å². The number of aromatic nitrogens is 1. The van der Waals surface area contributed by atoms with E-state index in [0.29, 0.717) is 31.9 Å². The summed E-state index contributed by atoms with van der Waals surface area (Å²) >= 11 is 1.01. The van der Waals surface area contributed by atoms with E-state index < -0.39 is 11.7 Å². The number of nitrogens with zero attached hydrogens (tertiary/aromatic N) is 3. The van der Waals surface area contributed by atoms with Crippen LogP contribution in [0.5, 0.6) is 11.5 Å². The first-order valence-electron chi connectivity index (χ1n) is 10.6. The molecule has 1 fully saturated rings. The molecule has 3 aromatic rings. The van der Waals surface area contributed by atoms with Gasteiger partial charge >= 0.3 is 6.18 Å². The average molecular weight is 492 g/mol. The van der Waals surface area contributed by atoms with Crippen LogP contribution in [0, 0.1) is 0 Å². The van der Waals surface area contributed by atoms with Crippen LogP contribution in [0.4, 0.5) is 18.9 Å². The molecular formula is C24H24F3N3O3S. The Labute approximate surface area is 199 Å². The van der Waals surface area contributed by atoms with E-state index in [0.717, 1.165) is 29.3 Å². The predicted molar refractivity (Wildman–Crippen MR) is 126 cm³/mol. The summed E-state index contributed by atoms with van der Waals surface area (Å²) in [5.74, 6) is 1.07. The first kappa shape index (κ1) is 24.0. The minimum absolute atomic E-state index is 0.00330. The number of fused-ring (bicyclic) bond motifs is 1. The molecule has 0 radical (unpaired) electrons. The Kier molecular flexibility index (Phi) is 7.06. The standard InChI is InChI=1S/C24H24F3N3O3S/c1-32-16-7-8-17-18(24(25,26)27)14-22(28-19(17)13-16)34-15-23(31)30-11-9-29(10-12-30)20-5-3-4-6-21(20)33-2/h3-8,13-14H,9-12,15H2,1-2H3. The van der Waals surface area contributed by atoms with Crippen LogP contribution in [0.1, 0.15) is 5.56 Å². The Hall–Kier alpha value is -3.14. The quantitative estimate of drug-likeness (QED) is 0.466. The highest BCUT2D eigenvalue weighted by Crippen LogP contribution is 2.37. The van der Waals surface area contributed by atoms with Crippen LogP contribution in [0.2, 0.25) is 0 Å². The molecule has 180 valence electrons. The van der Waals surface area contributed by atoms with Crippen LogP contribution in [0.25, 0.3) is 10.9 Å². The number of alkyl halides is 3. The predicted octanol–water partition coefficient (Wildman–Crippen LogP) is 4.71. The fourth-order valence-corrected chi connectivity index (χ4v) is 4.75. The molecule has 1 amide bonds. The number of piperazine rings is 1.